The van der Waals surface area contributed by atoms with E-state index in [0.29, 0.717) is 12.1 Å². The molecule has 0 spiro atoms. The average Bonchev–Trinajstić information content (AvgIpc) is 2.43. The third kappa shape index (κ3) is 4.28. The van der Waals surface area contributed by atoms with Gasteiger partial charge in [0.05, 0.1) is 5.56 Å². The highest BCUT2D eigenvalue weighted by Crippen LogP contribution is 2.20. The van der Waals surface area contributed by atoms with Crippen LogP contribution in [-0.2, 0) is 6.42 Å². The predicted molar refractivity (Wildman–Crippen MR) is 87.1 cm³/mol. The van der Waals surface area contributed by atoms with Crippen molar-refractivity contribution in [2.24, 2.45) is 0 Å². The van der Waals surface area contributed by atoms with Crippen molar-refractivity contribution in [2.45, 2.75) is 6.42 Å². The van der Waals surface area contributed by atoms with Crippen LogP contribution >= 0.6 is 38.5 Å². The zero-order valence-corrected chi connectivity index (χ0v) is 13.8. The Morgan fingerprint density at radius 2 is 2.21 bits per heavy atom. The van der Waals surface area contributed by atoms with Crippen molar-refractivity contribution in [3.8, 4) is 0 Å². The van der Waals surface area contributed by atoms with Crippen molar-refractivity contribution in [1.82, 2.24) is 10.3 Å². The summed E-state index contributed by atoms with van der Waals surface area (Å²) >= 11 is 5.77. The van der Waals surface area contributed by atoms with Crippen LogP contribution in [0.1, 0.15) is 15.9 Å². The summed E-state index contributed by atoms with van der Waals surface area (Å²) in [7, 11) is 0. The molecule has 2 rings (SSSR count). The van der Waals surface area contributed by atoms with Gasteiger partial charge in [-0.3, -0.25) is 9.78 Å². The number of halogens is 2. The molecule has 0 aliphatic carbocycles. The van der Waals surface area contributed by atoms with Gasteiger partial charge in [0.2, 0.25) is 0 Å². The molecule has 1 aromatic heterocycles. The van der Waals surface area contributed by atoms with Crippen molar-refractivity contribution >= 4 is 44.4 Å². The van der Waals surface area contributed by atoms with Crippen molar-refractivity contribution in [3.05, 3.63) is 61.9 Å². The van der Waals surface area contributed by atoms with Crippen molar-refractivity contribution in [1.29, 1.82) is 0 Å². The van der Waals surface area contributed by atoms with Crippen molar-refractivity contribution < 1.29 is 4.79 Å². The predicted octanol–water partition coefficient (Wildman–Crippen LogP) is 3.42. The molecule has 98 valence electrons. The minimum atomic E-state index is -0.0855. The number of pyridine rings is 1. The second-order valence-corrected chi connectivity index (χ2v) is 6.01. The van der Waals surface area contributed by atoms with E-state index in [2.05, 4.69) is 67.0 Å². The lowest BCUT2D eigenvalue weighted by Crippen LogP contribution is -2.25. The maximum Gasteiger partial charge on any atom is 0.252 e. The van der Waals surface area contributed by atoms with E-state index in [1.165, 1.54) is 9.13 Å². The minimum absolute atomic E-state index is 0.0855. The number of rotatable bonds is 4. The average molecular weight is 431 g/mol. The Hall–Kier alpha value is -0.950. The molecule has 1 N–H and O–H groups in total. The number of carbonyl (C=O) groups is 1. The molecule has 0 fully saturated rings. The SMILES string of the molecule is O=C(NCCc1ccc(I)c(Br)c1)c1cccnc1. The molecule has 2 aromatic rings. The van der Waals surface area contributed by atoms with Gasteiger partial charge in [-0.1, -0.05) is 6.07 Å². The van der Waals surface area contributed by atoms with Gasteiger partial charge in [0.15, 0.2) is 0 Å². The molecule has 0 saturated heterocycles. The van der Waals surface area contributed by atoms with Crippen LogP contribution in [0.15, 0.2) is 47.2 Å². The number of aromatic nitrogens is 1. The van der Waals surface area contributed by atoms with E-state index in [1.807, 2.05) is 0 Å². The highest BCUT2D eigenvalue weighted by molar-refractivity contribution is 14.1. The van der Waals surface area contributed by atoms with Crippen LogP contribution in [0.3, 0.4) is 0 Å². The van der Waals surface area contributed by atoms with Crippen LogP contribution in [0.25, 0.3) is 0 Å². The van der Waals surface area contributed by atoms with E-state index < -0.39 is 0 Å². The quantitative estimate of drug-likeness (QED) is 0.755. The zero-order valence-electron chi connectivity index (χ0n) is 10.1. The summed E-state index contributed by atoms with van der Waals surface area (Å²) in [6.45, 7) is 0.612. The van der Waals surface area contributed by atoms with Crippen LogP contribution in [-0.4, -0.2) is 17.4 Å². The molecule has 0 aliphatic heterocycles. The summed E-state index contributed by atoms with van der Waals surface area (Å²) in [6, 6.07) is 9.72. The molecule has 0 bridgehead atoms. The molecule has 0 aliphatic rings. The fourth-order valence-corrected chi connectivity index (χ4v) is 2.38. The first-order valence-corrected chi connectivity index (χ1v) is 7.66. The molecular weight excluding hydrogens is 419 g/mol. The molecule has 3 nitrogen and oxygen atoms in total. The summed E-state index contributed by atoms with van der Waals surface area (Å²) in [5, 5.41) is 2.89. The van der Waals surface area contributed by atoms with Gasteiger partial charge >= 0.3 is 0 Å². The molecule has 1 heterocycles. The van der Waals surface area contributed by atoms with E-state index in [4.69, 9.17) is 0 Å². The lowest BCUT2D eigenvalue weighted by Gasteiger charge is -2.06. The first-order valence-electron chi connectivity index (χ1n) is 5.79. The van der Waals surface area contributed by atoms with Gasteiger partial charge in [0, 0.05) is 27.0 Å². The van der Waals surface area contributed by atoms with Gasteiger partial charge in [0.25, 0.3) is 5.91 Å². The third-order valence-corrected chi connectivity index (χ3v) is 4.94. The standard InChI is InChI=1S/C14H12BrIN2O/c15-12-8-10(3-4-13(12)16)5-7-18-14(19)11-2-1-6-17-9-11/h1-4,6,8-9H,5,7H2,(H,18,19). The van der Waals surface area contributed by atoms with Gasteiger partial charge in [-0.15, -0.1) is 0 Å². The summed E-state index contributed by atoms with van der Waals surface area (Å²) in [5.74, 6) is -0.0855. The van der Waals surface area contributed by atoms with Gasteiger partial charge in [-0.05, 0) is 74.8 Å². The molecular formula is C14H12BrIN2O. The summed E-state index contributed by atoms with van der Waals surface area (Å²) < 4.78 is 2.27. The minimum Gasteiger partial charge on any atom is -0.352 e. The Kier molecular flexibility index (Phi) is 5.33. The number of benzene rings is 1. The first-order chi connectivity index (χ1) is 9.16. The van der Waals surface area contributed by atoms with Gasteiger partial charge < -0.3 is 5.32 Å². The highest BCUT2D eigenvalue weighted by Gasteiger charge is 2.04. The van der Waals surface area contributed by atoms with E-state index in [9.17, 15) is 4.79 Å². The smallest absolute Gasteiger partial charge is 0.252 e. The summed E-state index contributed by atoms with van der Waals surface area (Å²) in [4.78, 5) is 15.7. The maximum absolute atomic E-state index is 11.8. The maximum atomic E-state index is 11.8. The Morgan fingerprint density at radius 3 is 2.89 bits per heavy atom. The fourth-order valence-electron chi connectivity index (χ4n) is 1.61. The molecule has 0 radical (unpaired) electrons. The number of amides is 1. The lowest BCUT2D eigenvalue weighted by molar-refractivity contribution is 0.0954. The van der Waals surface area contributed by atoms with Crippen LogP contribution in [0, 0.1) is 3.57 Å². The van der Waals surface area contributed by atoms with Crippen LogP contribution in [0.5, 0.6) is 0 Å². The Morgan fingerprint density at radius 1 is 1.37 bits per heavy atom. The monoisotopic (exact) mass is 430 g/mol. The van der Waals surface area contributed by atoms with E-state index in [1.54, 1.807) is 24.5 Å². The molecule has 0 atom stereocenters. The first kappa shape index (κ1) is 14.5. The Balaban J connectivity index is 1.87. The number of nitrogens with one attached hydrogen (secondary N) is 1. The summed E-state index contributed by atoms with van der Waals surface area (Å²) in [6.07, 6.45) is 4.03. The number of carbonyl (C=O) groups excluding carboxylic acids is 1. The van der Waals surface area contributed by atoms with Gasteiger partial charge in [-0.2, -0.15) is 0 Å². The molecule has 0 unspecified atom stereocenters. The number of nitrogens with zero attached hydrogens (tertiary/aromatic N) is 1. The second-order valence-electron chi connectivity index (χ2n) is 4.00. The highest BCUT2D eigenvalue weighted by atomic mass is 127. The van der Waals surface area contributed by atoms with Gasteiger partial charge in [0.1, 0.15) is 0 Å². The number of hydrogen-bond acceptors (Lipinski definition) is 2. The number of hydrogen-bond donors (Lipinski definition) is 1. The molecule has 5 heteroatoms. The fraction of sp³-hybridized carbons (Fsp3) is 0.143. The third-order valence-electron chi connectivity index (χ3n) is 2.61. The molecule has 0 saturated carbocycles. The zero-order chi connectivity index (χ0) is 13.7. The van der Waals surface area contributed by atoms with Crippen molar-refractivity contribution in [2.75, 3.05) is 6.54 Å². The summed E-state index contributed by atoms with van der Waals surface area (Å²) in [5.41, 5.74) is 1.78. The second kappa shape index (κ2) is 7.00. The largest absolute Gasteiger partial charge is 0.352 e. The molecule has 19 heavy (non-hydrogen) atoms. The van der Waals surface area contributed by atoms with Crippen LogP contribution < -0.4 is 5.32 Å². The van der Waals surface area contributed by atoms with E-state index >= 15 is 0 Å². The molecule has 1 amide bonds. The van der Waals surface area contributed by atoms with E-state index in [0.717, 1.165) is 10.9 Å². The molecule has 1 aromatic carbocycles. The van der Waals surface area contributed by atoms with Crippen LogP contribution in [0.2, 0.25) is 0 Å². The Bertz CT molecular complexity index is 575. The normalized spacial score (nSPS) is 10.2. The van der Waals surface area contributed by atoms with Crippen molar-refractivity contribution in [3.63, 3.8) is 0 Å². The van der Waals surface area contributed by atoms with Gasteiger partial charge in [-0.25, -0.2) is 0 Å². The lowest BCUT2D eigenvalue weighted by atomic mass is 10.1. The topological polar surface area (TPSA) is 42.0 Å². The van der Waals surface area contributed by atoms with Crippen LogP contribution in [0.4, 0.5) is 0 Å². The Labute approximate surface area is 134 Å². The van der Waals surface area contributed by atoms with E-state index in [-0.39, 0.29) is 5.91 Å².